The van der Waals surface area contributed by atoms with Gasteiger partial charge in [-0.05, 0) is 83.2 Å². The Kier molecular flexibility index (Phi) is 10.5. The molecule has 1 aliphatic carbocycles. The number of phenolic OH excluding ortho intramolecular Hbond substituents is 1. The number of carbonyl (C=O) groups excluding carboxylic acids is 1. The summed E-state index contributed by atoms with van der Waals surface area (Å²) in [6, 6.07) is 11.9. The molecule has 1 unspecified atom stereocenters. The molecule has 1 fully saturated rings. The Labute approximate surface area is 295 Å². The van der Waals surface area contributed by atoms with E-state index < -0.39 is 86.1 Å². The number of sulfonamides is 1. The van der Waals surface area contributed by atoms with Gasteiger partial charge in [-0.1, -0.05) is 62.7 Å². The molecule has 1 amide bonds. The van der Waals surface area contributed by atoms with Crippen molar-refractivity contribution in [2.75, 3.05) is 5.32 Å². The van der Waals surface area contributed by atoms with Crippen LogP contribution in [0.4, 0.5) is 27.6 Å². The lowest BCUT2D eigenvalue weighted by Gasteiger charge is -2.31. The Morgan fingerprint density at radius 3 is 2.00 bits per heavy atom. The number of halogens is 6. The van der Waals surface area contributed by atoms with Crippen LogP contribution in [0.1, 0.15) is 72.1 Å². The van der Waals surface area contributed by atoms with Gasteiger partial charge in [0.15, 0.2) is 28.2 Å². The molecule has 0 aliphatic heterocycles. The van der Waals surface area contributed by atoms with Crippen LogP contribution in [-0.4, -0.2) is 40.9 Å². The van der Waals surface area contributed by atoms with E-state index >= 15 is 8.78 Å². The number of phenols is 1. The summed E-state index contributed by atoms with van der Waals surface area (Å²) in [4.78, 5) is 23.5. The van der Waals surface area contributed by atoms with Crippen LogP contribution in [0.2, 0.25) is 5.02 Å². The number of amides is 1. The van der Waals surface area contributed by atoms with Gasteiger partial charge in [-0.25, -0.2) is 35.2 Å². The molecule has 1 aliphatic rings. The molecular formula is C36H32ClF5N2O6S. The van der Waals surface area contributed by atoms with Crippen molar-refractivity contribution in [1.82, 2.24) is 4.31 Å². The number of hydrogen-bond acceptors (Lipinski definition) is 5. The molecule has 0 heterocycles. The van der Waals surface area contributed by atoms with Crippen molar-refractivity contribution in [1.29, 1.82) is 0 Å². The Morgan fingerprint density at radius 2 is 1.47 bits per heavy atom. The van der Waals surface area contributed by atoms with Crippen LogP contribution < -0.4 is 5.32 Å². The van der Waals surface area contributed by atoms with E-state index in [2.05, 4.69) is 5.32 Å². The maximum atomic E-state index is 15.3. The van der Waals surface area contributed by atoms with Gasteiger partial charge in [0.05, 0.1) is 11.3 Å². The third-order valence-electron chi connectivity index (χ3n) is 8.50. The zero-order valence-corrected chi connectivity index (χ0v) is 29.0. The molecule has 270 valence electrons. The van der Waals surface area contributed by atoms with Gasteiger partial charge in [0.25, 0.3) is 0 Å². The zero-order valence-electron chi connectivity index (χ0n) is 27.4. The predicted octanol–water partition coefficient (Wildman–Crippen LogP) is 8.06. The van der Waals surface area contributed by atoms with Crippen LogP contribution in [0.25, 0.3) is 0 Å². The molecule has 1 atom stereocenters. The van der Waals surface area contributed by atoms with Gasteiger partial charge in [-0.15, -0.1) is 0 Å². The molecular weight excluding hydrogens is 719 g/mol. The fourth-order valence-electron chi connectivity index (χ4n) is 5.52. The first kappa shape index (κ1) is 37.7. The number of hydrogen-bond donors (Lipinski definition) is 3. The van der Waals surface area contributed by atoms with Crippen molar-refractivity contribution >= 4 is 39.2 Å². The first-order chi connectivity index (χ1) is 23.8. The summed E-state index contributed by atoms with van der Waals surface area (Å²) in [6.45, 7) is 5.01. The summed E-state index contributed by atoms with van der Waals surface area (Å²) >= 11 is 6.00. The van der Waals surface area contributed by atoms with Crippen LogP contribution in [0.3, 0.4) is 0 Å². The number of carbonyl (C=O) groups is 2. The average Bonchev–Trinajstić information content (AvgIpc) is 3.91. The quantitative estimate of drug-likeness (QED) is 0.0617. The van der Waals surface area contributed by atoms with E-state index in [9.17, 15) is 41.4 Å². The van der Waals surface area contributed by atoms with E-state index in [-0.39, 0.29) is 27.8 Å². The molecule has 51 heavy (non-hydrogen) atoms. The first-order valence-electron chi connectivity index (χ1n) is 15.6. The lowest BCUT2D eigenvalue weighted by Crippen LogP contribution is -2.48. The van der Waals surface area contributed by atoms with Crippen molar-refractivity contribution in [2.45, 2.75) is 68.8 Å². The summed E-state index contributed by atoms with van der Waals surface area (Å²) < 4.78 is 102. The largest absolute Gasteiger partial charge is 0.506 e. The van der Waals surface area contributed by atoms with Crippen LogP contribution in [0.15, 0.2) is 65.6 Å². The average molecular weight is 751 g/mol. The number of anilines is 1. The molecule has 15 heteroatoms. The van der Waals surface area contributed by atoms with Crippen molar-refractivity contribution in [2.24, 2.45) is 0 Å². The summed E-state index contributed by atoms with van der Waals surface area (Å²) in [5.41, 5.74) is 1.17. The molecule has 0 spiro atoms. The summed E-state index contributed by atoms with van der Waals surface area (Å²) in [5.74, 6) is -15.9. The Hall–Kier alpha value is -4.53. The second kappa shape index (κ2) is 14.2. The smallest absolute Gasteiger partial charge is 0.335 e. The molecule has 5 rings (SSSR count). The number of benzene rings is 4. The Bertz CT molecular complexity index is 2110. The molecule has 1 saturated carbocycles. The SMILES string of the molecule is CC(C)(C)c1cc(CC(C(=O)Nc2ccc(C(=O)O)cc2O)N(Cc2ccc(Cl)cc2)S(=O)(=O)c2c(F)c(F)c(F)c(F)c2F)cc(C2CC2)c1. The van der Waals surface area contributed by atoms with Gasteiger partial charge in [0.2, 0.25) is 21.7 Å². The van der Waals surface area contributed by atoms with E-state index in [0.717, 1.165) is 42.2 Å². The molecule has 8 nitrogen and oxygen atoms in total. The highest BCUT2D eigenvalue weighted by molar-refractivity contribution is 7.89. The number of nitrogens with one attached hydrogen (secondary N) is 1. The second-order valence-electron chi connectivity index (χ2n) is 13.3. The minimum atomic E-state index is -5.77. The lowest BCUT2D eigenvalue weighted by molar-refractivity contribution is -0.119. The van der Waals surface area contributed by atoms with Crippen molar-refractivity contribution in [3.8, 4) is 5.75 Å². The van der Waals surface area contributed by atoms with Crippen molar-refractivity contribution in [3.63, 3.8) is 0 Å². The van der Waals surface area contributed by atoms with Crippen molar-refractivity contribution < 1.29 is 50.2 Å². The van der Waals surface area contributed by atoms with E-state index in [1.165, 1.54) is 24.3 Å². The van der Waals surface area contributed by atoms with Gasteiger partial charge >= 0.3 is 5.97 Å². The highest BCUT2D eigenvalue weighted by Crippen LogP contribution is 2.42. The maximum Gasteiger partial charge on any atom is 0.335 e. The second-order valence-corrected chi connectivity index (χ2v) is 15.6. The van der Waals surface area contributed by atoms with Crippen molar-refractivity contribution in [3.05, 3.63) is 123 Å². The number of nitrogens with zero attached hydrogens (tertiary/aromatic N) is 1. The fourth-order valence-corrected chi connectivity index (χ4v) is 7.33. The van der Waals surface area contributed by atoms with Crippen LogP contribution in [-0.2, 0) is 33.2 Å². The molecule has 0 radical (unpaired) electrons. The van der Waals surface area contributed by atoms with E-state index in [1.54, 1.807) is 12.1 Å². The van der Waals surface area contributed by atoms with E-state index in [1.807, 2.05) is 26.8 Å². The molecule has 0 saturated heterocycles. The topological polar surface area (TPSA) is 124 Å². The normalized spacial score (nSPS) is 14.1. The Balaban J connectivity index is 1.73. The molecule has 3 N–H and O–H groups in total. The number of carboxylic acid groups (broad SMARTS) is 1. The lowest BCUT2D eigenvalue weighted by atomic mass is 9.83. The highest BCUT2D eigenvalue weighted by Gasteiger charge is 2.43. The molecule has 0 aromatic heterocycles. The number of carboxylic acids is 1. The van der Waals surface area contributed by atoms with Crippen LogP contribution >= 0.6 is 11.6 Å². The highest BCUT2D eigenvalue weighted by atomic mass is 35.5. The van der Waals surface area contributed by atoms with E-state index in [0.29, 0.717) is 9.87 Å². The van der Waals surface area contributed by atoms with E-state index in [4.69, 9.17) is 11.6 Å². The number of aromatic carboxylic acids is 1. The minimum absolute atomic E-state index is 0.125. The molecule has 0 bridgehead atoms. The third kappa shape index (κ3) is 8.03. The fraction of sp³-hybridized carbons (Fsp3) is 0.278. The van der Waals surface area contributed by atoms with Crippen LogP contribution in [0.5, 0.6) is 5.75 Å². The first-order valence-corrected chi connectivity index (χ1v) is 17.4. The number of rotatable bonds is 11. The summed E-state index contributed by atoms with van der Waals surface area (Å²) in [7, 11) is -5.77. The van der Waals surface area contributed by atoms with Gasteiger partial charge < -0.3 is 15.5 Å². The van der Waals surface area contributed by atoms with Gasteiger partial charge in [0, 0.05) is 11.6 Å². The van der Waals surface area contributed by atoms with Gasteiger partial charge in [0.1, 0.15) is 11.8 Å². The Morgan fingerprint density at radius 1 is 0.882 bits per heavy atom. The monoisotopic (exact) mass is 750 g/mol. The van der Waals surface area contributed by atoms with Gasteiger partial charge in [-0.2, -0.15) is 4.31 Å². The van der Waals surface area contributed by atoms with Gasteiger partial charge in [-0.3, -0.25) is 4.79 Å². The maximum absolute atomic E-state index is 15.3. The molecule has 4 aromatic carbocycles. The molecule has 4 aromatic rings. The summed E-state index contributed by atoms with van der Waals surface area (Å²) in [6.07, 6.45) is 1.31. The van der Waals surface area contributed by atoms with Crippen LogP contribution in [0, 0.1) is 29.1 Å². The zero-order chi connectivity index (χ0) is 37.6. The standard InChI is InChI=1S/C36H32ClF5N2O6S/c1-36(2,3)23-13-19(12-22(15-23)20-6-7-20)14-26(34(46)43-25-11-8-21(35(47)48)16-27(25)45)44(17-18-4-9-24(37)10-5-18)51(49,50)33-31(41)29(39)28(38)30(40)32(33)42/h4-5,8-13,15-16,20,26,45H,6-7,14,17H2,1-3H3,(H,43,46)(H,47,48). The minimum Gasteiger partial charge on any atom is -0.506 e. The summed E-state index contributed by atoms with van der Waals surface area (Å²) in [5, 5.41) is 22.4. The third-order valence-corrected chi connectivity index (χ3v) is 10.6. The predicted molar refractivity (Wildman–Crippen MR) is 179 cm³/mol. The number of aromatic hydroxyl groups is 1.